The van der Waals surface area contributed by atoms with Crippen LogP contribution in [-0.2, 0) is 9.84 Å². The lowest BCUT2D eigenvalue weighted by atomic mass is 10.4. The molecular weight excluding hydrogens is 252 g/mol. The van der Waals surface area contributed by atoms with Gasteiger partial charge in [-0.15, -0.1) is 0 Å². The maximum absolute atomic E-state index is 11.1. The molecule has 0 unspecified atom stereocenters. The van der Waals surface area contributed by atoms with E-state index in [1.807, 2.05) is 12.1 Å². The van der Waals surface area contributed by atoms with Gasteiger partial charge in [-0.1, -0.05) is 30.3 Å². The number of hydrogen-bond acceptors (Lipinski definition) is 3. The van der Waals surface area contributed by atoms with Gasteiger partial charge in [-0.2, -0.15) is 0 Å². The minimum atomic E-state index is -3.03. The van der Waals surface area contributed by atoms with Gasteiger partial charge < -0.3 is 0 Å². The molecular formula is C10H11ClO2S2. The zero-order valence-electron chi connectivity index (χ0n) is 8.18. The van der Waals surface area contributed by atoms with Gasteiger partial charge in [0.1, 0.15) is 0 Å². The molecule has 0 amide bonds. The van der Waals surface area contributed by atoms with Crippen molar-refractivity contribution in [3.63, 3.8) is 0 Å². The van der Waals surface area contributed by atoms with Crippen LogP contribution in [0.15, 0.2) is 40.0 Å². The largest absolute Gasteiger partial charge is 0.224 e. The van der Waals surface area contributed by atoms with Crippen LogP contribution < -0.4 is 0 Å². The van der Waals surface area contributed by atoms with Gasteiger partial charge in [-0.25, -0.2) is 8.42 Å². The van der Waals surface area contributed by atoms with Crippen LogP contribution in [0.3, 0.4) is 0 Å². The molecule has 15 heavy (non-hydrogen) atoms. The molecule has 0 aliphatic heterocycles. The predicted octanol–water partition coefficient (Wildman–Crippen LogP) is 3.34. The predicted molar refractivity (Wildman–Crippen MR) is 65.9 cm³/mol. The van der Waals surface area contributed by atoms with E-state index in [1.165, 1.54) is 17.2 Å². The van der Waals surface area contributed by atoms with E-state index in [-0.39, 0.29) is 5.75 Å². The third kappa shape index (κ3) is 4.73. The molecule has 0 bridgehead atoms. The normalized spacial score (nSPS) is 12.1. The Morgan fingerprint density at radius 2 is 1.93 bits per heavy atom. The van der Waals surface area contributed by atoms with Gasteiger partial charge in [0.05, 0.1) is 5.75 Å². The van der Waals surface area contributed by atoms with E-state index in [1.54, 1.807) is 24.5 Å². The highest BCUT2D eigenvalue weighted by molar-refractivity contribution is 8.03. The monoisotopic (exact) mass is 262 g/mol. The fourth-order valence-corrected chi connectivity index (χ4v) is 2.47. The van der Waals surface area contributed by atoms with Crippen LogP contribution in [-0.4, -0.2) is 14.2 Å². The second-order valence-corrected chi connectivity index (χ2v) is 6.39. The van der Waals surface area contributed by atoms with Crippen molar-refractivity contribution in [3.05, 3.63) is 40.1 Å². The Kier molecular flexibility index (Phi) is 4.70. The van der Waals surface area contributed by atoms with E-state index in [4.69, 9.17) is 11.6 Å². The van der Waals surface area contributed by atoms with Crippen molar-refractivity contribution in [2.45, 2.75) is 11.8 Å². The number of sulfone groups is 1. The van der Waals surface area contributed by atoms with Gasteiger partial charge in [0.2, 0.25) is 0 Å². The summed E-state index contributed by atoms with van der Waals surface area (Å²) in [4.78, 5) is 0.960. The van der Waals surface area contributed by atoms with Gasteiger partial charge in [0.25, 0.3) is 0 Å². The molecule has 1 aromatic rings. The Hall–Kier alpha value is -0.450. The van der Waals surface area contributed by atoms with Crippen LogP contribution in [0.25, 0.3) is 0 Å². The third-order valence-corrected chi connectivity index (χ3v) is 4.28. The molecule has 0 fully saturated rings. The molecule has 0 aliphatic carbocycles. The highest BCUT2D eigenvalue weighted by Crippen LogP contribution is 2.21. The van der Waals surface area contributed by atoms with Crippen LogP contribution in [0.5, 0.6) is 0 Å². The first-order valence-electron chi connectivity index (χ1n) is 4.35. The van der Waals surface area contributed by atoms with Crippen molar-refractivity contribution in [1.82, 2.24) is 0 Å². The molecule has 0 aromatic heterocycles. The van der Waals surface area contributed by atoms with Crippen molar-refractivity contribution < 1.29 is 8.42 Å². The zero-order chi connectivity index (χ0) is 11.3. The van der Waals surface area contributed by atoms with Crippen molar-refractivity contribution in [3.8, 4) is 0 Å². The minimum Gasteiger partial charge on any atom is -0.224 e. The van der Waals surface area contributed by atoms with E-state index in [2.05, 4.69) is 0 Å². The third-order valence-electron chi connectivity index (χ3n) is 1.68. The summed E-state index contributed by atoms with van der Waals surface area (Å²) in [7, 11) is -3.03. The maximum Gasteiger partial charge on any atom is 0.171 e. The topological polar surface area (TPSA) is 34.1 Å². The Balaban J connectivity index is 2.62. The van der Waals surface area contributed by atoms with Crippen molar-refractivity contribution in [1.29, 1.82) is 0 Å². The summed E-state index contributed by atoms with van der Waals surface area (Å²) < 4.78 is 22.2. The molecule has 1 rings (SSSR count). The summed E-state index contributed by atoms with van der Waals surface area (Å²) in [5.74, 6) is 0.130. The highest BCUT2D eigenvalue weighted by atomic mass is 35.5. The molecule has 0 aliphatic rings. The van der Waals surface area contributed by atoms with Gasteiger partial charge in [-0.05, 0) is 29.7 Å². The SMILES string of the molecule is CCS(=O)(=O)/C=C/Sc1ccc(Cl)cc1. The van der Waals surface area contributed by atoms with E-state index in [0.29, 0.717) is 5.02 Å². The molecule has 1 aromatic carbocycles. The second-order valence-electron chi connectivity index (χ2n) is 2.80. The maximum atomic E-state index is 11.1. The molecule has 0 spiro atoms. The average Bonchev–Trinajstić information content (AvgIpc) is 2.21. The molecule has 82 valence electrons. The van der Waals surface area contributed by atoms with Crippen LogP contribution >= 0.6 is 23.4 Å². The zero-order valence-corrected chi connectivity index (χ0v) is 10.6. The summed E-state index contributed by atoms with van der Waals surface area (Å²) in [6.07, 6.45) is 0. The number of halogens is 1. The van der Waals surface area contributed by atoms with Gasteiger partial charge in [-0.3, -0.25) is 0 Å². The fourth-order valence-electron chi connectivity index (χ4n) is 0.800. The Labute approximate surface area is 99.3 Å². The van der Waals surface area contributed by atoms with Gasteiger partial charge in [0.15, 0.2) is 9.84 Å². The second kappa shape index (κ2) is 5.58. The molecule has 0 heterocycles. The first kappa shape index (κ1) is 12.6. The standard InChI is InChI=1S/C10H11ClO2S2/c1-2-15(12,13)8-7-14-10-5-3-9(11)4-6-10/h3-8H,2H2,1H3/b8-7+. The molecule has 0 atom stereocenters. The van der Waals surface area contributed by atoms with E-state index in [9.17, 15) is 8.42 Å². The van der Waals surface area contributed by atoms with Crippen molar-refractivity contribution >= 4 is 33.2 Å². The molecule has 5 heteroatoms. The van der Waals surface area contributed by atoms with Crippen LogP contribution in [0.4, 0.5) is 0 Å². The number of benzene rings is 1. The lowest BCUT2D eigenvalue weighted by Crippen LogP contribution is -1.96. The Morgan fingerprint density at radius 3 is 2.47 bits per heavy atom. The number of thioether (sulfide) groups is 1. The number of rotatable bonds is 4. The number of hydrogen-bond donors (Lipinski definition) is 0. The Bertz CT molecular complexity index is 435. The smallest absolute Gasteiger partial charge is 0.171 e. The average molecular weight is 263 g/mol. The first-order valence-corrected chi connectivity index (χ1v) is 7.32. The quantitative estimate of drug-likeness (QED) is 0.781. The summed E-state index contributed by atoms with van der Waals surface area (Å²) in [5, 5.41) is 3.47. The van der Waals surface area contributed by atoms with Gasteiger partial charge in [0, 0.05) is 15.3 Å². The first-order chi connectivity index (χ1) is 7.03. The van der Waals surface area contributed by atoms with Crippen LogP contribution in [0, 0.1) is 0 Å². The van der Waals surface area contributed by atoms with Gasteiger partial charge >= 0.3 is 0 Å². The summed E-state index contributed by atoms with van der Waals surface area (Å²) in [6.45, 7) is 1.62. The summed E-state index contributed by atoms with van der Waals surface area (Å²) in [5.41, 5.74) is 0. The molecule has 0 N–H and O–H groups in total. The van der Waals surface area contributed by atoms with Crippen molar-refractivity contribution in [2.24, 2.45) is 0 Å². The minimum absolute atomic E-state index is 0.130. The summed E-state index contributed by atoms with van der Waals surface area (Å²) in [6, 6.07) is 7.23. The Morgan fingerprint density at radius 1 is 1.33 bits per heavy atom. The molecule has 0 saturated carbocycles. The highest BCUT2D eigenvalue weighted by Gasteiger charge is 1.99. The molecule has 0 saturated heterocycles. The molecule has 0 radical (unpaired) electrons. The van der Waals surface area contributed by atoms with Crippen molar-refractivity contribution in [2.75, 3.05) is 5.75 Å². The molecule has 2 nitrogen and oxygen atoms in total. The lowest BCUT2D eigenvalue weighted by Gasteiger charge is -1.95. The van der Waals surface area contributed by atoms with E-state index < -0.39 is 9.84 Å². The van der Waals surface area contributed by atoms with Crippen LogP contribution in [0.1, 0.15) is 6.92 Å². The lowest BCUT2D eigenvalue weighted by molar-refractivity contribution is 0.606. The fraction of sp³-hybridized carbons (Fsp3) is 0.200. The van der Waals surface area contributed by atoms with E-state index >= 15 is 0 Å². The van der Waals surface area contributed by atoms with Crippen LogP contribution in [0.2, 0.25) is 5.02 Å². The van der Waals surface area contributed by atoms with E-state index in [0.717, 1.165) is 4.90 Å². The summed E-state index contributed by atoms with van der Waals surface area (Å²) >= 11 is 7.07.